The maximum absolute atomic E-state index is 11.7. The Balaban J connectivity index is 2.34. The number of hydrogen-bond donors (Lipinski definition) is 2. The first-order valence-electron chi connectivity index (χ1n) is 7.72. The van der Waals surface area contributed by atoms with E-state index in [0.717, 1.165) is 25.0 Å². The van der Waals surface area contributed by atoms with Gasteiger partial charge in [-0.15, -0.1) is 0 Å². The molecule has 126 valence electrons. The van der Waals surface area contributed by atoms with Crippen LogP contribution >= 0.6 is 0 Å². The summed E-state index contributed by atoms with van der Waals surface area (Å²) >= 11 is 0. The van der Waals surface area contributed by atoms with E-state index in [2.05, 4.69) is 24.1 Å². The molecule has 0 aromatic heterocycles. The smallest absolute Gasteiger partial charge is 0.313 e. The molecule has 23 heavy (non-hydrogen) atoms. The van der Waals surface area contributed by atoms with E-state index in [-0.39, 0.29) is 13.2 Å². The van der Waals surface area contributed by atoms with Crippen molar-refractivity contribution >= 4 is 17.5 Å². The predicted octanol–water partition coefficient (Wildman–Crippen LogP) is 2.47. The second-order valence-electron chi connectivity index (χ2n) is 4.83. The molecule has 0 radical (unpaired) electrons. The summed E-state index contributed by atoms with van der Waals surface area (Å²) in [5.74, 6) is -0.692. The summed E-state index contributed by atoms with van der Waals surface area (Å²) in [5.41, 5.74) is 0.536. The zero-order valence-corrected chi connectivity index (χ0v) is 13.5. The van der Waals surface area contributed by atoms with E-state index in [1.54, 1.807) is 24.3 Å². The summed E-state index contributed by atoms with van der Waals surface area (Å²) in [6, 6.07) is 6.91. The fraction of sp³-hybridized carbons (Fsp3) is 0.412. The van der Waals surface area contributed by atoms with E-state index in [0.29, 0.717) is 12.3 Å². The van der Waals surface area contributed by atoms with Crippen LogP contribution < -0.4 is 15.4 Å². The van der Waals surface area contributed by atoms with Crippen molar-refractivity contribution in [3.05, 3.63) is 37.1 Å². The molecule has 0 bridgehead atoms. The minimum Gasteiger partial charge on any atom is -0.500 e. The lowest BCUT2D eigenvalue weighted by molar-refractivity contribution is -0.136. The molecule has 1 rings (SSSR count). The standard InChI is InChI=1S/C17H24N2O4/c1-3-5-6-12-23-15-9-7-14(8-10-15)19-17(21)16(20)18-11-13-22-4-2/h4,7-10H,2-3,5-6,11-13H2,1H3,(H,18,20)(H,19,21). The predicted molar refractivity (Wildman–Crippen MR) is 89.3 cm³/mol. The Labute approximate surface area is 136 Å². The molecule has 0 saturated heterocycles. The van der Waals surface area contributed by atoms with Gasteiger partial charge < -0.3 is 20.1 Å². The third-order valence-corrected chi connectivity index (χ3v) is 2.96. The first kappa shape index (κ1) is 18.5. The third-order valence-electron chi connectivity index (χ3n) is 2.96. The van der Waals surface area contributed by atoms with Gasteiger partial charge in [-0.05, 0) is 30.7 Å². The zero-order valence-electron chi connectivity index (χ0n) is 13.5. The van der Waals surface area contributed by atoms with Gasteiger partial charge in [-0.3, -0.25) is 9.59 Å². The number of carbonyl (C=O) groups is 2. The topological polar surface area (TPSA) is 76.7 Å². The van der Waals surface area contributed by atoms with Crippen molar-refractivity contribution in [1.82, 2.24) is 5.32 Å². The molecule has 0 aliphatic rings. The lowest BCUT2D eigenvalue weighted by Crippen LogP contribution is -2.37. The van der Waals surface area contributed by atoms with Crippen LogP contribution in [-0.2, 0) is 14.3 Å². The lowest BCUT2D eigenvalue weighted by atomic mass is 10.2. The monoisotopic (exact) mass is 320 g/mol. The molecule has 0 fully saturated rings. The minimum absolute atomic E-state index is 0.239. The van der Waals surface area contributed by atoms with E-state index in [1.807, 2.05) is 0 Å². The molecule has 2 amide bonds. The molecule has 0 aliphatic carbocycles. The van der Waals surface area contributed by atoms with Crippen LogP contribution in [0.15, 0.2) is 37.1 Å². The fourth-order valence-corrected chi connectivity index (χ4v) is 1.75. The van der Waals surface area contributed by atoms with Gasteiger partial charge >= 0.3 is 11.8 Å². The van der Waals surface area contributed by atoms with Crippen LogP contribution in [0.3, 0.4) is 0 Å². The average molecular weight is 320 g/mol. The molecule has 0 unspecified atom stereocenters. The molecule has 6 heteroatoms. The summed E-state index contributed by atoms with van der Waals surface area (Å²) in [5, 5.41) is 4.96. The highest BCUT2D eigenvalue weighted by molar-refractivity contribution is 6.39. The SMILES string of the molecule is C=COCCNC(=O)C(=O)Nc1ccc(OCCCCC)cc1. The number of amides is 2. The Morgan fingerprint density at radius 2 is 1.87 bits per heavy atom. The number of benzene rings is 1. The van der Waals surface area contributed by atoms with Crippen molar-refractivity contribution in [3.63, 3.8) is 0 Å². The van der Waals surface area contributed by atoms with Crippen LogP contribution in [0.5, 0.6) is 5.75 Å². The van der Waals surface area contributed by atoms with E-state index < -0.39 is 11.8 Å². The Morgan fingerprint density at radius 1 is 1.13 bits per heavy atom. The number of ether oxygens (including phenoxy) is 2. The Morgan fingerprint density at radius 3 is 2.52 bits per heavy atom. The number of rotatable bonds is 10. The largest absolute Gasteiger partial charge is 0.500 e. The van der Waals surface area contributed by atoms with E-state index in [9.17, 15) is 9.59 Å². The van der Waals surface area contributed by atoms with E-state index >= 15 is 0 Å². The highest BCUT2D eigenvalue weighted by Gasteiger charge is 2.12. The van der Waals surface area contributed by atoms with Gasteiger partial charge in [0.2, 0.25) is 0 Å². The molecule has 6 nitrogen and oxygen atoms in total. The molecule has 0 spiro atoms. The van der Waals surface area contributed by atoms with Crippen LogP contribution in [0.1, 0.15) is 26.2 Å². The van der Waals surface area contributed by atoms with Crippen LogP contribution in [0, 0.1) is 0 Å². The molecular formula is C17H24N2O4. The molecular weight excluding hydrogens is 296 g/mol. The van der Waals surface area contributed by atoms with Gasteiger partial charge in [0, 0.05) is 5.69 Å². The summed E-state index contributed by atoms with van der Waals surface area (Å²) in [6.07, 6.45) is 4.58. The summed E-state index contributed by atoms with van der Waals surface area (Å²) in [7, 11) is 0. The van der Waals surface area contributed by atoms with Gasteiger partial charge in [-0.1, -0.05) is 26.3 Å². The molecule has 0 heterocycles. The Hall–Kier alpha value is -2.50. The van der Waals surface area contributed by atoms with Gasteiger partial charge in [0.1, 0.15) is 12.4 Å². The van der Waals surface area contributed by atoms with Gasteiger partial charge in [0.15, 0.2) is 0 Å². The summed E-state index contributed by atoms with van der Waals surface area (Å²) < 4.78 is 10.4. The molecule has 0 atom stereocenters. The first-order chi connectivity index (χ1) is 11.2. The van der Waals surface area contributed by atoms with Crippen molar-refractivity contribution in [2.24, 2.45) is 0 Å². The lowest BCUT2D eigenvalue weighted by Gasteiger charge is -2.08. The second kappa shape index (κ2) is 11.1. The van der Waals surface area contributed by atoms with E-state index in [4.69, 9.17) is 9.47 Å². The molecule has 1 aromatic rings. The fourth-order valence-electron chi connectivity index (χ4n) is 1.75. The Bertz CT molecular complexity index is 500. The second-order valence-corrected chi connectivity index (χ2v) is 4.83. The van der Waals surface area contributed by atoms with Crippen LogP contribution in [0.25, 0.3) is 0 Å². The zero-order chi connectivity index (χ0) is 16.9. The minimum atomic E-state index is -0.722. The average Bonchev–Trinajstić information content (AvgIpc) is 2.57. The molecule has 1 aromatic carbocycles. The maximum atomic E-state index is 11.7. The van der Waals surface area contributed by atoms with Crippen molar-refractivity contribution < 1.29 is 19.1 Å². The summed E-state index contributed by atoms with van der Waals surface area (Å²) in [6.45, 7) is 6.70. The van der Waals surface area contributed by atoms with Crippen molar-refractivity contribution in [1.29, 1.82) is 0 Å². The van der Waals surface area contributed by atoms with E-state index in [1.165, 1.54) is 6.26 Å². The molecule has 2 N–H and O–H groups in total. The number of anilines is 1. The van der Waals surface area contributed by atoms with Gasteiger partial charge in [-0.2, -0.15) is 0 Å². The van der Waals surface area contributed by atoms with Crippen LogP contribution in [0.4, 0.5) is 5.69 Å². The van der Waals surface area contributed by atoms with Crippen molar-refractivity contribution in [2.75, 3.05) is 25.1 Å². The molecule has 0 aliphatic heterocycles. The van der Waals surface area contributed by atoms with Crippen LogP contribution in [-0.4, -0.2) is 31.6 Å². The van der Waals surface area contributed by atoms with Gasteiger partial charge in [0.25, 0.3) is 0 Å². The van der Waals surface area contributed by atoms with Gasteiger partial charge in [-0.25, -0.2) is 0 Å². The number of nitrogens with one attached hydrogen (secondary N) is 2. The number of unbranched alkanes of at least 4 members (excludes halogenated alkanes) is 2. The van der Waals surface area contributed by atoms with Gasteiger partial charge in [0.05, 0.1) is 19.4 Å². The molecule has 0 saturated carbocycles. The number of carbonyl (C=O) groups excluding carboxylic acids is 2. The Kier molecular flexibility index (Phi) is 8.97. The highest BCUT2D eigenvalue weighted by Crippen LogP contribution is 2.16. The maximum Gasteiger partial charge on any atom is 0.313 e. The third kappa shape index (κ3) is 7.90. The normalized spacial score (nSPS) is 9.78. The number of hydrogen-bond acceptors (Lipinski definition) is 4. The van der Waals surface area contributed by atoms with Crippen molar-refractivity contribution in [2.45, 2.75) is 26.2 Å². The van der Waals surface area contributed by atoms with Crippen molar-refractivity contribution in [3.8, 4) is 5.75 Å². The summed E-state index contributed by atoms with van der Waals surface area (Å²) in [4.78, 5) is 23.2. The van der Waals surface area contributed by atoms with Crippen LogP contribution in [0.2, 0.25) is 0 Å². The highest BCUT2D eigenvalue weighted by atomic mass is 16.5. The first-order valence-corrected chi connectivity index (χ1v) is 7.72. The quantitative estimate of drug-likeness (QED) is 0.394.